The minimum atomic E-state index is 0.132. The van der Waals surface area contributed by atoms with Gasteiger partial charge in [0, 0.05) is 19.7 Å². The van der Waals surface area contributed by atoms with Gasteiger partial charge in [-0.25, -0.2) is 0 Å². The predicted octanol–water partition coefficient (Wildman–Crippen LogP) is 1.79. The summed E-state index contributed by atoms with van der Waals surface area (Å²) in [5, 5.41) is 0. The molecule has 2 nitrogen and oxygen atoms in total. The van der Waals surface area contributed by atoms with Gasteiger partial charge in [0.15, 0.2) is 5.78 Å². The van der Waals surface area contributed by atoms with Gasteiger partial charge < -0.3 is 4.57 Å². The molecule has 11 heavy (non-hydrogen) atoms. The van der Waals surface area contributed by atoms with Crippen LogP contribution in [0.3, 0.4) is 0 Å². The standard InChI is InChI=1S/C9H13NO/c1-4-8-5-6-9(7(2)11)10(8)3/h5-6H,4H2,1-3H3. The molecule has 0 amide bonds. The second-order valence-corrected chi connectivity index (χ2v) is 2.68. The normalized spacial score (nSPS) is 10.1. The number of carbonyl (C=O) groups is 1. The summed E-state index contributed by atoms with van der Waals surface area (Å²) in [5.41, 5.74) is 2.00. The Kier molecular flexibility index (Phi) is 2.13. The minimum absolute atomic E-state index is 0.132. The smallest absolute Gasteiger partial charge is 0.176 e. The highest BCUT2D eigenvalue weighted by molar-refractivity contribution is 5.92. The highest BCUT2D eigenvalue weighted by Crippen LogP contribution is 2.07. The maximum atomic E-state index is 11.0. The minimum Gasteiger partial charge on any atom is -0.345 e. The molecule has 1 heterocycles. The first-order valence-corrected chi connectivity index (χ1v) is 3.82. The molecule has 0 aliphatic carbocycles. The lowest BCUT2D eigenvalue weighted by Crippen LogP contribution is -2.03. The van der Waals surface area contributed by atoms with Gasteiger partial charge in [-0.3, -0.25) is 4.79 Å². The summed E-state index contributed by atoms with van der Waals surface area (Å²) in [5.74, 6) is 0.132. The molecule has 0 aliphatic rings. The molecule has 0 spiro atoms. The number of carbonyl (C=O) groups excluding carboxylic acids is 1. The number of nitrogens with zero attached hydrogens (tertiary/aromatic N) is 1. The van der Waals surface area contributed by atoms with E-state index in [4.69, 9.17) is 0 Å². The third kappa shape index (κ3) is 1.34. The highest BCUT2D eigenvalue weighted by Gasteiger charge is 2.05. The van der Waals surface area contributed by atoms with Crippen molar-refractivity contribution in [3.63, 3.8) is 0 Å². The van der Waals surface area contributed by atoms with Crippen molar-refractivity contribution in [2.45, 2.75) is 20.3 Å². The quantitative estimate of drug-likeness (QED) is 0.591. The summed E-state index contributed by atoms with van der Waals surface area (Å²) in [6.45, 7) is 3.67. The number of rotatable bonds is 2. The molecular formula is C9H13NO. The molecule has 1 aromatic rings. The van der Waals surface area contributed by atoms with Gasteiger partial charge in [0.25, 0.3) is 0 Å². The van der Waals surface area contributed by atoms with Crippen molar-refractivity contribution in [1.29, 1.82) is 0 Å². The Bertz CT molecular complexity index is 273. The zero-order chi connectivity index (χ0) is 8.43. The van der Waals surface area contributed by atoms with E-state index in [1.54, 1.807) is 6.92 Å². The van der Waals surface area contributed by atoms with Crippen LogP contribution < -0.4 is 0 Å². The molecule has 2 heteroatoms. The first-order chi connectivity index (χ1) is 5.16. The fraction of sp³-hybridized carbons (Fsp3) is 0.444. The van der Waals surface area contributed by atoms with Gasteiger partial charge in [-0.1, -0.05) is 6.92 Å². The summed E-state index contributed by atoms with van der Waals surface area (Å²) < 4.78 is 1.95. The van der Waals surface area contributed by atoms with Gasteiger partial charge in [0.2, 0.25) is 0 Å². The van der Waals surface area contributed by atoms with Crippen LogP contribution in [0.25, 0.3) is 0 Å². The lowest BCUT2D eigenvalue weighted by Gasteiger charge is -2.01. The van der Waals surface area contributed by atoms with Crippen LogP contribution in [-0.4, -0.2) is 10.4 Å². The van der Waals surface area contributed by atoms with Gasteiger partial charge >= 0.3 is 0 Å². The van der Waals surface area contributed by atoms with Crippen molar-refractivity contribution in [3.05, 3.63) is 23.5 Å². The largest absolute Gasteiger partial charge is 0.345 e. The van der Waals surface area contributed by atoms with Crippen molar-refractivity contribution < 1.29 is 4.79 Å². The first-order valence-electron chi connectivity index (χ1n) is 3.82. The van der Waals surface area contributed by atoms with Gasteiger partial charge in [0.1, 0.15) is 0 Å². The number of Topliss-reactive ketones (excluding diaryl/α,β-unsaturated/α-hetero) is 1. The van der Waals surface area contributed by atoms with Gasteiger partial charge in [-0.05, 0) is 18.6 Å². The van der Waals surface area contributed by atoms with E-state index in [1.807, 2.05) is 23.7 Å². The maximum Gasteiger partial charge on any atom is 0.176 e. The molecule has 1 aromatic heterocycles. The van der Waals surface area contributed by atoms with Crippen LogP contribution in [0, 0.1) is 0 Å². The highest BCUT2D eigenvalue weighted by atomic mass is 16.1. The van der Waals surface area contributed by atoms with E-state index in [2.05, 4.69) is 6.92 Å². The molecule has 1 rings (SSSR count). The van der Waals surface area contributed by atoms with Crippen molar-refractivity contribution >= 4 is 5.78 Å². The van der Waals surface area contributed by atoms with Crippen molar-refractivity contribution in [3.8, 4) is 0 Å². The Morgan fingerprint density at radius 2 is 2.18 bits per heavy atom. The predicted molar refractivity (Wildman–Crippen MR) is 44.8 cm³/mol. The molecular weight excluding hydrogens is 138 g/mol. The van der Waals surface area contributed by atoms with Gasteiger partial charge in [-0.15, -0.1) is 0 Å². The van der Waals surface area contributed by atoms with Crippen LogP contribution in [0.1, 0.15) is 30.0 Å². The van der Waals surface area contributed by atoms with E-state index in [0.717, 1.165) is 12.1 Å². The van der Waals surface area contributed by atoms with E-state index in [9.17, 15) is 4.79 Å². The first kappa shape index (κ1) is 8.05. The molecule has 0 bridgehead atoms. The van der Waals surface area contributed by atoms with Crippen LogP contribution >= 0.6 is 0 Å². The molecule has 0 unspecified atom stereocenters. The Labute approximate surface area is 66.8 Å². The van der Waals surface area contributed by atoms with Crippen molar-refractivity contribution in [1.82, 2.24) is 4.57 Å². The molecule has 60 valence electrons. The molecule has 0 aliphatic heterocycles. The number of hydrogen-bond donors (Lipinski definition) is 0. The van der Waals surface area contributed by atoms with Gasteiger partial charge in [0.05, 0.1) is 5.69 Å². The number of aromatic nitrogens is 1. The van der Waals surface area contributed by atoms with Crippen LogP contribution in [0.2, 0.25) is 0 Å². The fourth-order valence-corrected chi connectivity index (χ4v) is 1.26. The summed E-state index contributed by atoms with van der Waals surface area (Å²) in [7, 11) is 1.93. The van der Waals surface area contributed by atoms with E-state index < -0.39 is 0 Å². The van der Waals surface area contributed by atoms with Crippen molar-refractivity contribution in [2.24, 2.45) is 7.05 Å². The maximum absolute atomic E-state index is 11.0. The molecule has 0 N–H and O–H groups in total. The second-order valence-electron chi connectivity index (χ2n) is 2.68. The molecule has 0 fully saturated rings. The van der Waals surface area contributed by atoms with E-state index in [-0.39, 0.29) is 5.78 Å². The van der Waals surface area contributed by atoms with Crippen LogP contribution in [0.4, 0.5) is 0 Å². The van der Waals surface area contributed by atoms with Crippen LogP contribution in [0.5, 0.6) is 0 Å². The molecule has 0 radical (unpaired) electrons. The van der Waals surface area contributed by atoms with Crippen LogP contribution in [-0.2, 0) is 13.5 Å². The van der Waals surface area contributed by atoms with Crippen molar-refractivity contribution in [2.75, 3.05) is 0 Å². The summed E-state index contributed by atoms with van der Waals surface area (Å²) in [6, 6.07) is 3.87. The SMILES string of the molecule is CCc1ccc(C(C)=O)n1C. The molecule has 0 atom stereocenters. The van der Waals surface area contributed by atoms with Crippen LogP contribution in [0.15, 0.2) is 12.1 Å². The lowest BCUT2D eigenvalue weighted by molar-refractivity contribution is 0.101. The Hall–Kier alpha value is -1.05. The average Bonchev–Trinajstić information content (AvgIpc) is 2.30. The monoisotopic (exact) mass is 151 g/mol. The zero-order valence-corrected chi connectivity index (χ0v) is 7.22. The summed E-state index contributed by atoms with van der Waals surface area (Å²) >= 11 is 0. The Balaban J connectivity index is 3.10. The molecule has 0 saturated heterocycles. The molecule has 0 aromatic carbocycles. The lowest BCUT2D eigenvalue weighted by atomic mass is 10.3. The summed E-state index contributed by atoms with van der Waals surface area (Å²) in [4.78, 5) is 11.0. The van der Waals surface area contributed by atoms with E-state index >= 15 is 0 Å². The fourth-order valence-electron chi connectivity index (χ4n) is 1.26. The third-order valence-electron chi connectivity index (χ3n) is 1.95. The average molecular weight is 151 g/mol. The third-order valence-corrected chi connectivity index (χ3v) is 1.95. The summed E-state index contributed by atoms with van der Waals surface area (Å²) in [6.07, 6.45) is 0.976. The number of aryl methyl sites for hydroxylation is 1. The number of ketones is 1. The van der Waals surface area contributed by atoms with E-state index in [1.165, 1.54) is 5.69 Å². The Morgan fingerprint density at radius 3 is 2.45 bits per heavy atom. The zero-order valence-electron chi connectivity index (χ0n) is 7.22. The van der Waals surface area contributed by atoms with Gasteiger partial charge in [-0.2, -0.15) is 0 Å². The number of hydrogen-bond acceptors (Lipinski definition) is 1. The molecule has 0 saturated carbocycles. The Morgan fingerprint density at radius 1 is 1.55 bits per heavy atom. The second kappa shape index (κ2) is 2.91. The topological polar surface area (TPSA) is 22.0 Å². The van der Waals surface area contributed by atoms with E-state index in [0.29, 0.717) is 0 Å².